The molecule has 0 atom stereocenters. The zero-order valence-electron chi connectivity index (χ0n) is 35.9. The molecule has 0 spiro atoms. The summed E-state index contributed by atoms with van der Waals surface area (Å²) in [5, 5.41) is 4.22. The van der Waals surface area contributed by atoms with E-state index in [9.17, 15) is 0 Å². The first-order valence-corrected chi connectivity index (χ1v) is 23.6. The number of nitrogens with zero attached hydrogens (tertiary/aromatic N) is 3. The predicted molar refractivity (Wildman–Crippen MR) is 263 cm³/mol. The summed E-state index contributed by atoms with van der Waals surface area (Å²) in [6.07, 6.45) is 14.3. The highest BCUT2D eigenvalue weighted by Gasteiger charge is 2.25. The summed E-state index contributed by atoms with van der Waals surface area (Å²) in [4.78, 5) is 0. The van der Waals surface area contributed by atoms with Crippen molar-refractivity contribution in [2.75, 3.05) is 0 Å². The van der Waals surface area contributed by atoms with E-state index in [0.717, 1.165) is 38.5 Å². The van der Waals surface area contributed by atoms with E-state index in [1.165, 1.54) is 155 Å². The Bertz CT molecular complexity index is 3010. The normalized spacial score (nSPS) is 14.9. The van der Waals surface area contributed by atoms with Crippen molar-refractivity contribution in [2.45, 2.75) is 77.0 Å². The van der Waals surface area contributed by atoms with Gasteiger partial charge in [-0.1, -0.05) is 72.8 Å². The summed E-state index contributed by atoms with van der Waals surface area (Å²) >= 11 is 0. The number of para-hydroxylation sites is 3. The minimum atomic E-state index is 1.13. The maximum absolute atomic E-state index is 2.55. The Kier molecular flexibility index (Phi) is 8.71. The minimum Gasteiger partial charge on any atom is -0.313 e. The van der Waals surface area contributed by atoms with Crippen LogP contribution < -0.4 is 0 Å². The van der Waals surface area contributed by atoms with Crippen LogP contribution in [0.25, 0.3) is 83.2 Å². The van der Waals surface area contributed by atoms with Crippen LogP contribution in [0.1, 0.15) is 72.3 Å². The molecule has 0 radical (unpaired) electrons. The van der Waals surface area contributed by atoms with E-state index in [2.05, 4.69) is 177 Å². The second-order valence-electron chi connectivity index (χ2n) is 18.4. The Balaban J connectivity index is 1.02. The van der Waals surface area contributed by atoms with Gasteiger partial charge in [0.1, 0.15) is 0 Å². The standard InChI is InChI=1S/C60H51N3/c1-4-16-46(17-5-1)61-55-25-13-10-22-49(55)52-37-40(28-31-58(52)61)43-34-44(41-29-32-59-53(38-41)50-23-11-14-26-56(50)62(59)47-18-6-2-7-19-47)36-45(35-43)42-30-33-60-54(39-42)51-24-12-15-27-57(51)63(60)48-20-8-3-9-21-48/h1-9,16-21,28-39H,10-15,22-27H2. The average Bonchev–Trinajstić information content (AvgIpc) is 3.99. The van der Waals surface area contributed by atoms with E-state index < -0.39 is 0 Å². The lowest BCUT2D eigenvalue weighted by atomic mass is 9.90. The average molecular weight is 814 g/mol. The fourth-order valence-corrected chi connectivity index (χ4v) is 11.9. The second-order valence-corrected chi connectivity index (χ2v) is 18.4. The monoisotopic (exact) mass is 813 g/mol. The van der Waals surface area contributed by atoms with E-state index in [0.29, 0.717) is 0 Å². The van der Waals surface area contributed by atoms with Gasteiger partial charge in [0.05, 0.1) is 16.6 Å². The molecular weight excluding hydrogens is 763 g/mol. The molecule has 0 aliphatic heterocycles. The van der Waals surface area contributed by atoms with Gasteiger partial charge in [-0.05, 0) is 218 Å². The lowest BCUT2D eigenvalue weighted by Gasteiger charge is -2.16. The largest absolute Gasteiger partial charge is 0.313 e. The Morgan fingerprint density at radius 1 is 0.254 bits per heavy atom. The van der Waals surface area contributed by atoms with E-state index in [-0.39, 0.29) is 0 Å². The molecule has 0 N–H and O–H groups in total. The van der Waals surface area contributed by atoms with Crippen LogP contribution in [0.2, 0.25) is 0 Å². The highest BCUT2D eigenvalue weighted by atomic mass is 15.0. The van der Waals surface area contributed by atoms with Crippen LogP contribution in [-0.4, -0.2) is 13.7 Å². The molecule has 306 valence electrons. The van der Waals surface area contributed by atoms with Crippen molar-refractivity contribution in [3.63, 3.8) is 0 Å². The number of hydrogen-bond donors (Lipinski definition) is 0. The smallest absolute Gasteiger partial charge is 0.0534 e. The van der Waals surface area contributed by atoms with Crippen LogP contribution in [0.4, 0.5) is 0 Å². The number of aryl methyl sites for hydroxylation is 3. The summed E-state index contributed by atoms with van der Waals surface area (Å²) in [7, 11) is 0. The fourth-order valence-electron chi connectivity index (χ4n) is 11.9. The van der Waals surface area contributed by atoms with Gasteiger partial charge in [-0.15, -0.1) is 0 Å². The first-order valence-electron chi connectivity index (χ1n) is 23.6. The van der Waals surface area contributed by atoms with Crippen LogP contribution in [0.3, 0.4) is 0 Å². The third-order valence-electron chi connectivity index (χ3n) is 14.8. The zero-order valence-corrected chi connectivity index (χ0v) is 35.9. The lowest BCUT2D eigenvalue weighted by Crippen LogP contribution is -2.06. The molecule has 10 aromatic rings. The van der Waals surface area contributed by atoms with E-state index in [1.807, 2.05) is 0 Å². The number of fused-ring (bicyclic) bond motifs is 9. The lowest BCUT2D eigenvalue weighted by molar-refractivity contribution is 0.667. The minimum absolute atomic E-state index is 1.13. The van der Waals surface area contributed by atoms with Crippen LogP contribution >= 0.6 is 0 Å². The van der Waals surface area contributed by atoms with Gasteiger partial charge in [-0.25, -0.2) is 0 Å². The molecule has 3 heteroatoms. The van der Waals surface area contributed by atoms with Gasteiger partial charge < -0.3 is 13.7 Å². The Morgan fingerprint density at radius 2 is 0.540 bits per heavy atom. The van der Waals surface area contributed by atoms with Crippen LogP contribution in [0, 0.1) is 0 Å². The summed E-state index contributed by atoms with van der Waals surface area (Å²) in [6, 6.07) is 62.3. The quantitative estimate of drug-likeness (QED) is 0.159. The number of rotatable bonds is 6. The molecule has 0 unspecified atom stereocenters. The van der Waals surface area contributed by atoms with Crippen molar-refractivity contribution >= 4 is 32.7 Å². The maximum atomic E-state index is 2.55. The first kappa shape index (κ1) is 36.8. The molecule has 3 aliphatic carbocycles. The summed E-state index contributed by atoms with van der Waals surface area (Å²) in [6.45, 7) is 0. The molecule has 0 amide bonds. The van der Waals surface area contributed by atoms with Crippen LogP contribution in [0.15, 0.2) is 164 Å². The van der Waals surface area contributed by atoms with Crippen molar-refractivity contribution < 1.29 is 0 Å². The third kappa shape index (κ3) is 6.00. The van der Waals surface area contributed by atoms with Gasteiger partial charge in [-0.2, -0.15) is 0 Å². The molecule has 7 aromatic carbocycles. The topological polar surface area (TPSA) is 14.8 Å². The molecule has 3 nitrogen and oxygen atoms in total. The van der Waals surface area contributed by atoms with Crippen molar-refractivity contribution in [1.29, 1.82) is 0 Å². The molecule has 0 saturated carbocycles. The van der Waals surface area contributed by atoms with Gasteiger partial charge in [0.25, 0.3) is 0 Å². The Hall–Kier alpha value is -6.84. The zero-order chi connectivity index (χ0) is 41.4. The van der Waals surface area contributed by atoms with E-state index in [4.69, 9.17) is 0 Å². The SMILES string of the molecule is c1ccc(-n2c3c(c4cc(-c5cc(-c6ccc7c(c6)c6c(n7-c7ccccc7)CCCC6)cc(-c6ccc7c(c6)c6c(n7-c7ccccc7)CCCC6)c5)ccc42)CCCC3)cc1. The van der Waals surface area contributed by atoms with Crippen molar-refractivity contribution in [2.24, 2.45) is 0 Å². The summed E-state index contributed by atoms with van der Waals surface area (Å²) < 4.78 is 7.64. The highest BCUT2D eigenvalue weighted by Crippen LogP contribution is 2.43. The molecule has 0 bridgehead atoms. The maximum Gasteiger partial charge on any atom is 0.0534 e. The van der Waals surface area contributed by atoms with Crippen molar-refractivity contribution in [3.05, 3.63) is 198 Å². The highest BCUT2D eigenvalue weighted by molar-refractivity contribution is 5.97. The van der Waals surface area contributed by atoms with Gasteiger partial charge >= 0.3 is 0 Å². The van der Waals surface area contributed by atoms with Crippen molar-refractivity contribution in [1.82, 2.24) is 13.7 Å². The van der Waals surface area contributed by atoms with Crippen molar-refractivity contribution in [3.8, 4) is 50.4 Å². The molecule has 0 fully saturated rings. The fraction of sp³-hybridized carbons (Fsp3) is 0.200. The molecular formula is C60H51N3. The third-order valence-corrected chi connectivity index (χ3v) is 14.8. The number of benzene rings is 7. The molecule has 3 heterocycles. The molecule has 0 saturated heterocycles. The van der Waals surface area contributed by atoms with E-state index >= 15 is 0 Å². The van der Waals surface area contributed by atoms with Crippen LogP contribution in [-0.2, 0) is 38.5 Å². The molecule has 3 aromatic heterocycles. The van der Waals surface area contributed by atoms with Gasteiger partial charge in [-0.3, -0.25) is 0 Å². The first-order chi connectivity index (χ1) is 31.2. The number of hydrogen-bond acceptors (Lipinski definition) is 0. The van der Waals surface area contributed by atoms with E-state index in [1.54, 1.807) is 0 Å². The molecule has 13 rings (SSSR count). The summed E-state index contributed by atoms with van der Waals surface area (Å²) in [5.41, 5.74) is 24.5. The molecule has 3 aliphatic rings. The second kappa shape index (κ2) is 14.9. The van der Waals surface area contributed by atoms with Gasteiger partial charge in [0, 0.05) is 50.3 Å². The van der Waals surface area contributed by atoms with Crippen LogP contribution in [0.5, 0.6) is 0 Å². The Labute approximate surface area is 369 Å². The van der Waals surface area contributed by atoms with Gasteiger partial charge in [0.2, 0.25) is 0 Å². The van der Waals surface area contributed by atoms with Gasteiger partial charge in [0.15, 0.2) is 0 Å². The molecule has 63 heavy (non-hydrogen) atoms. The predicted octanol–water partition coefficient (Wildman–Crippen LogP) is 15.2. The summed E-state index contributed by atoms with van der Waals surface area (Å²) in [5.74, 6) is 0. The number of aromatic nitrogens is 3. The Morgan fingerprint density at radius 3 is 0.841 bits per heavy atom.